The molecule has 0 radical (unpaired) electrons. The first kappa shape index (κ1) is 6.55. The van der Waals surface area contributed by atoms with Gasteiger partial charge in [0.05, 0.1) is 0 Å². The molecule has 0 amide bonds. The van der Waals surface area contributed by atoms with Gasteiger partial charge in [-0.3, -0.25) is 0 Å². The van der Waals surface area contributed by atoms with E-state index in [2.05, 4.69) is 9.39 Å². The number of nitrogens with zero attached hydrogens (tertiary/aromatic N) is 2. The zero-order valence-corrected chi connectivity index (χ0v) is 6.27. The zero-order valence-electron chi connectivity index (χ0n) is 5.46. The highest BCUT2D eigenvalue weighted by atomic mass is 32.2. The molecule has 1 rings (SSSR count). The molecule has 0 unspecified atom stereocenters. The SMILES string of the molecule is CC1=CSN=CN=C1C. The number of aliphatic imine (C=N–C) groups is 1. The molecule has 0 atom stereocenters. The van der Waals surface area contributed by atoms with Crippen LogP contribution in [0.25, 0.3) is 0 Å². The van der Waals surface area contributed by atoms with Gasteiger partial charge in [-0.25, -0.2) is 9.39 Å². The Hall–Kier alpha value is -0.570. The van der Waals surface area contributed by atoms with E-state index in [1.165, 1.54) is 17.5 Å². The summed E-state index contributed by atoms with van der Waals surface area (Å²) >= 11 is 1.42. The molecule has 0 aromatic heterocycles. The normalized spacial score (nSPS) is 18.4. The van der Waals surface area contributed by atoms with Crippen molar-refractivity contribution < 1.29 is 0 Å². The van der Waals surface area contributed by atoms with Crippen LogP contribution in [-0.2, 0) is 0 Å². The molecule has 1 heterocycles. The minimum absolute atomic E-state index is 1.05. The van der Waals surface area contributed by atoms with Crippen molar-refractivity contribution >= 4 is 24.0 Å². The van der Waals surface area contributed by atoms with Gasteiger partial charge in [0.15, 0.2) is 0 Å². The van der Waals surface area contributed by atoms with E-state index in [0.29, 0.717) is 0 Å². The summed E-state index contributed by atoms with van der Waals surface area (Å²) in [4.78, 5) is 4.04. The number of allylic oxidation sites excluding steroid dienone is 1. The van der Waals surface area contributed by atoms with Crippen LogP contribution in [0.4, 0.5) is 0 Å². The number of hydrogen-bond acceptors (Lipinski definition) is 3. The fourth-order valence-electron chi connectivity index (χ4n) is 0.434. The van der Waals surface area contributed by atoms with Crippen molar-refractivity contribution in [1.82, 2.24) is 0 Å². The summed E-state index contributed by atoms with van der Waals surface area (Å²) in [6.45, 7) is 4.00. The summed E-state index contributed by atoms with van der Waals surface area (Å²) in [5.74, 6) is 0. The third kappa shape index (κ3) is 1.68. The van der Waals surface area contributed by atoms with Crippen LogP contribution >= 0.6 is 11.9 Å². The molecule has 1 aliphatic heterocycles. The average Bonchev–Trinajstić information content (AvgIpc) is 1.99. The van der Waals surface area contributed by atoms with Gasteiger partial charge in [-0.2, -0.15) is 0 Å². The van der Waals surface area contributed by atoms with Crippen molar-refractivity contribution in [3.63, 3.8) is 0 Å². The highest BCUT2D eigenvalue weighted by Gasteiger charge is 1.94. The standard InChI is InChI=1S/C6H8N2S/c1-5-3-9-8-4-7-6(5)2/h3-4H,1-2H3. The quantitative estimate of drug-likeness (QED) is 0.472. The summed E-state index contributed by atoms with van der Waals surface area (Å²) in [7, 11) is 0. The molecular formula is C6H8N2S. The lowest BCUT2D eigenvalue weighted by molar-refractivity contribution is 1.54. The Morgan fingerprint density at radius 1 is 1.44 bits per heavy atom. The maximum Gasteiger partial charge on any atom is 0.124 e. The van der Waals surface area contributed by atoms with E-state index in [1.807, 2.05) is 19.3 Å². The molecule has 0 bridgehead atoms. The summed E-state index contributed by atoms with van der Waals surface area (Å²) in [6, 6.07) is 0. The molecule has 0 aromatic carbocycles. The van der Waals surface area contributed by atoms with Crippen LogP contribution < -0.4 is 0 Å². The van der Waals surface area contributed by atoms with Crippen LogP contribution in [0.3, 0.4) is 0 Å². The Labute approximate surface area is 58.9 Å². The average molecular weight is 140 g/mol. The van der Waals surface area contributed by atoms with Gasteiger partial charge in [0, 0.05) is 17.7 Å². The Bertz CT molecular complexity index is 191. The van der Waals surface area contributed by atoms with Crippen LogP contribution in [0.1, 0.15) is 13.8 Å². The van der Waals surface area contributed by atoms with Crippen molar-refractivity contribution in [2.75, 3.05) is 0 Å². The van der Waals surface area contributed by atoms with Crippen LogP contribution in [-0.4, -0.2) is 12.1 Å². The third-order valence-corrected chi connectivity index (χ3v) is 1.83. The van der Waals surface area contributed by atoms with Gasteiger partial charge in [-0.15, -0.1) is 0 Å². The van der Waals surface area contributed by atoms with Gasteiger partial charge in [0.25, 0.3) is 0 Å². The predicted octanol–water partition coefficient (Wildman–Crippen LogP) is 2.04. The van der Waals surface area contributed by atoms with Crippen LogP contribution in [0, 0.1) is 0 Å². The Morgan fingerprint density at radius 2 is 2.22 bits per heavy atom. The molecule has 9 heavy (non-hydrogen) atoms. The monoisotopic (exact) mass is 140 g/mol. The minimum atomic E-state index is 1.05. The van der Waals surface area contributed by atoms with Crippen LogP contribution in [0.2, 0.25) is 0 Å². The lowest BCUT2D eigenvalue weighted by Gasteiger charge is -1.91. The topological polar surface area (TPSA) is 24.7 Å². The number of hydrogen-bond donors (Lipinski definition) is 0. The van der Waals surface area contributed by atoms with Crippen LogP contribution in [0.5, 0.6) is 0 Å². The maximum atomic E-state index is 4.04. The molecule has 3 heteroatoms. The van der Waals surface area contributed by atoms with E-state index < -0.39 is 0 Å². The first-order chi connectivity index (χ1) is 4.30. The van der Waals surface area contributed by atoms with E-state index in [-0.39, 0.29) is 0 Å². The van der Waals surface area contributed by atoms with Crippen molar-refractivity contribution in [1.29, 1.82) is 0 Å². The third-order valence-electron chi connectivity index (χ3n) is 1.16. The first-order valence-electron chi connectivity index (χ1n) is 2.70. The molecule has 0 fully saturated rings. The van der Waals surface area contributed by atoms with E-state index >= 15 is 0 Å². The summed E-state index contributed by atoms with van der Waals surface area (Å²) < 4.78 is 3.90. The van der Waals surface area contributed by atoms with Gasteiger partial charge in [0.2, 0.25) is 0 Å². The van der Waals surface area contributed by atoms with E-state index in [0.717, 1.165) is 5.71 Å². The molecule has 0 spiro atoms. The second-order valence-corrected chi connectivity index (χ2v) is 2.50. The first-order valence-corrected chi connectivity index (χ1v) is 3.53. The zero-order chi connectivity index (χ0) is 6.69. The van der Waals surface area contributed by atoms with Crippen molar-refractivity contribution in [2.45, 2.75) is 13.8 Å². The van der Waals surface area contributed by atoms with Gasteiger partial charge >= 0.3 is 0 Å². The summed E-state index contributed by atoms with van der Waals surface area (Å²) in [5.41, 5.74) is 2.24. The Balaban J connectivity index is 2.85. The lowest BCUT2D eigenvalue weighted by atomic mass is 10.2. The summed E-state index contributed by atoms with van der Waals surface area (Å²) in [5, 5.41) is 1.99. The second-order valence-electron chi connectivity index (χ2n) is 1.84. The molecular weight excluding hydrogens is 132 g/mol. The molecule has 0 N–H and O–H groups in total. The number of rotatable bonds is 0. The van der Waals surface area contributed by atoms with E-state index in [9.17, 15) is 0 Å². The Kier molecular flexibility index (Phi) is 2.05. The van der Waals surface area contributed by atoms with Crippen molar-refractivity contribution in [2.24, 2.45) is 9.39 Å². The molecule has 2 nitrogen and oxygen atoms in total. The predicted molar refractivity (Wildman–Crippen MR) is 42.9 cm³/mol. The van der Waals surface area contributed by atoms with Crippen molar-refractivity contribution in [3.8, 4) is 0 Å². The summed E-state index contributed by atoms with van der Waals surface area (Å²) in [6.07, 6.45) is 1.58. The molecule has 0 aliphatic carbocycles. The van der Waals surface area contributed by atoms with Gasteiger partial charge in [-0.1, -0.05) is 0 Å². The maximum absolute atomic E-state index is 4.04. The molecule has 48 valence electrons. The van der Waals surface area contributed by atoms with E-state index in [1.54, 1.807) is 6.34 Å². The lowest BCUT2D eigenvalue weighted by Crippen LogP contribution is -1.90. The van der Waals surface area contributed by atoms with Gasteiger partial charge < -0.3 is 0 Å². The minimum Gasteiger partial charge on any atom is -0.241 e. The van der Waals surface area contributed by atoms with Crippen LogP contribution in [0.15, 0.2) is 20.4 Å². The Morgan fingerprint density at radius 3 is 3.00 bits per heavy atom. The largest absolute Gasteiger partial charge is 0.241 e. The van der Waals surface area contributed by atoms with Gasteiger partial charge in [0.1, 0.15) is 6.34 Å². The smallest absolute Gasteiger partial charge is 0.124 e. The molecule has 0 saturated carbocycles. The fraction of sp³-hybridized carbons (Fsp3) is 0.333. The van der Waals surface area contributed by atoms with Gasteiger partial charge in [-0.05, 0) is 24.8 Å². The molecule has 0 aromatic rings. The highest BCUT2D eigenvalue weighted by molar-refractivity contribution is 8.01. The fourth-order valence-corrected chi connectivity index (χ4v) is 0.925. The molecule has 0 saturated heterocycles. The second kappa shape index (κ2) is 2.82. The highest BCUT2D eigenvalue weighted by Crippen LogP contribution is 2.11. The van der Waals surface area contributed by atoms with E-state index in [4.69, 9.17) is 0 Å². The van der Waals surface area contributed by atoms with Crippen molar-refractivity contribution in [3.05, 3.63) is 11.0 Å². The molecule has 1 aliphatic rings.